The highest BCUT2D eigenvalue weighted by Crippen LogP contribution is 2.16. The van der Waals surface area contributed by atoms with Crippen LogP contribution in [0.4, 0.5) is 0 Å². The molecule has 84 valence electrons. The molecule has 1 aromatic rings. The lowest BCUT2D eigenvalue weighted by atomic mass is 10.1. The average Bonchev–Trinajstić information content (AvgIpc) is 2.23. The Hall–Kier alpha value is -1.02. The Bertz CT molecular complexity index is 309. The van der Waals surface area contributed by atoms with E-state index in [1.54, 1.807) is 0 Å². The number of hydrogen-bond donors (Lipinski definition) is 1. The number of ether oxygens (including phenoxy) is 1. The van der Waals surface area contributed by atoms with Crippen LogP contribution >= 0.6 is 0 Å². The van der Waals surface area contributed by atoms with Gasteiger partial charge in [-0.3, -0.25) is 0 Å². The molecule has 1 atom stereocenters. The number of benzene rings is 1. The van der Waals surface area contributed by atoms with Gasteiger partial charge in [0.2, 0.25) is 0 Å². The molecule has 15 heavy (non-hydrogen) atoms. The maximum absolute atomic E-state index is 5.81. The van der Waals surface area contributed by atoms with E-state index >= 15 is 0 Å². The maximum Gasteiger partial charge on any atom is 0.119 e. The molecular weight excluding hydrogens is 186 g/mol. The van der Waals surface area contributed by atoms with Crippen molar-refractivity contribution in [1.82, 2.24) is 0 Å². The molecule has 1 aromatic carbocycles. The molecule has 1 unspecified atom stereocenters. The predicted octanol–water partition coefficient (Wildman–Crippen LogP) is 2.81. The third-order valence-electron chi connectivity index (χ3n) is 2.76. The number of rotatable bonds is 5. The van der Waals surface area contributed by atoms with E-state index in [2.05, 4.69) is 32.9 Å². The molecule has 0 fully saturated rings. The second kappa shape index (κ2) is 5.76. The van der Waals surface area contributed by atoms with Gasteiger partial charge in [-0.05, 0) is 49.9 Å². The van der Waals surface area contributed by atoms with Crippen LogP contribution in [0.5, 0.6) is 5.75 Å². The molecule has 0 aliphatic heterocycles. The fraction of sp³-hybridized carbons (Fsp3) is 0.538. The van der Waals surface area contributed by atoms with Crippen molar-refractivity contribution in [2.24, 2.45) is 5.73 Å². The molecule has 0 heterocycles. The van der Waals surface area contributed by atoms with E-state index in [1.807, 2.05) is 6.07 Å². The summed E-state index contributed by atoms with van der Waals surface area (Å²) in [5, 5.41) is 0. The van der Waals surface area contributed by atoms with Gasteiger partial charge in [-0.2, -0.15) is 0 Å². The molecule has 2 N–H and O–H groups in total. The molecule has 2 heteroatoms. The van der Waals surface area contributed by atoms with Crippen LogP contribution in [-0.4, -0.2) is 12.6 Å². The fourth-order valence-corrected chi connectivity index (χ4v) is 1.34. The summed E-state index contributed by atoms with van der Waals surface area (Å²) < 4.78 is 5.63. The maximum atomic E-state index is 5.81. The normalized spacial score (nSPS) is 12.5. The lowest BCUT2D eigenvalue weighted by Crippen LogP contribution is -2.21. The van der Waals surface area contributed by atoms with Crippen LogP contribution in [0.15, 0.2) is 18.2 Å². The zero-order valence-corrected chi connectivity index (χ0v) is 9.92. The summed E-state index contributed by atoms with van der Waals surface area (Å²) in [7, 11) is 0. The molecule has 2 nitrogen and oxygen atoms in total. The van der Waals surface area contributed by atoms with Gasteiger partial charge >= 0.3 is 0 Å². The Morgan fingerprint density at radius 2 is 2.00 bits per heavy atom. The fourth-order valence-electron chi connectivity index (χ4n) is 1.34. The zero-order valence-electron chi connectivity index (χ0n) is 9.92. The van der Waals surface area contributed by atoms with Gasteiger partial charge in [-0.25, -0.2) is 0 Å². The van der Waals surface area contributed by atoms with Crippen molar-refractivity contribution >= 4 is 0 Å². The third kappa shape index (κ3) is 3.92. The van der Waals surface area contributed by atoms with Crippen LogP contribution in [-0.2, 0) is 0 Å². The third-order valence-corrected chi connectivity index (χ3v) is 2.76. The SMILES string of the molecule is CCC(N)CCOc1ccc(C)c(C)c1. The molecule has 0 saturated carbocycles. The van der Waals surface area contributed by atoms with Crippen LogP contribution < -0.4 is 10.5 Å². The first-order chi connectivity index (χ1) is 7.13. The van der Waals surface area contributed by atoms with Crippen molar-refractivity contribution in [3.05, 3.63) is 29.3 Å². The first kappa shape index (κ1) is 12.1. The number of hydrogen-bond acceptors (Lipinski definition) is 2. The van der Waals surface area contributed by atoms with Gasteiger partial charge in [-0.15, -0.1) is 0 Å². The van der Waals surface area contributed by atoms with E-state index in [-0.39, 0.29) is 6.04 Å². The predicted molar refractivity (Wildman–Crippen MR) is 64.3 cm³/mol. The van der Waals surface area contributed by atoms with Gasteiger partial charge in [0, 0.05) is 6.04 Å². The topological polar surface area (TPSA) is 35.2 Å². The van der Waals surface area contributed by atoms with Gasteiger partial charge in [-0.1, -0.05) is 13.0 Å². The van der Waals surface area contributed by atoms with E-state index in [9.17, 15) is 0 Å². The van der Waals surface area contributed by atoms with Crippen molar-refractivity contribution < 1.29 is 4.74 Å². The Morgan fingerprint density at radius 1 is 1.27 bits per heavy atom. The Labute approximate surface area is 92.4 Å². The number of aryl methyl sites for hydroxylation is 2. The van der Waals surface area contributed by atoms with Gasteiger partial charge in [0.15, 0.2) is 0 Å². The van der Waals surface area contributed by atoms with E-state index in [4.69, 9.17) is 10.5 Å². The van der Waals surface area contributed by atoms with Crippen LogP contribution in [0, 0.1) is 13.8 Å². The van der Waals surface area contributed by atoms with Crippen LogP contribution in [0.1, 0.15) is 30.9 Å². The molecule has 1 rings (SSSR count). The first-order valence-electron chi connectivity index (χ1n) is 5.59. The van der Waals surface area contributed by atoms with Gasteiger partial charge in [0.25, 0.3) is 0 Å². The summed E-state index contributed by atoms with van der Waals surface area (Å²) in [4.78, 5) is 0. The van der Waals surface area contributed by atoms with Crippen molar-refractivity contribution in [2.45, 2.75) is 39.7 Å². The van der Waals surface area contributed by atoms with Crippen molar-refractivity contribution in [3.8, 4) is 5.75 Å². The summed E-state index contributed by atoms with van der Waals surface area (Å²) in [6.45, 7) is 7.00. The summed E-state index contributed by atoms with van der Waals surface area (Å²) in [6.07, 6.45) is 1.93. The summed E-state index contributed by atoms with van der Waals surface area (Å²) in [5.41, 5.74) is 8.38. The van der Waals surface area contributed by atoms with E-state index in [0.717, 1.165) is 18.6 Å². The second-order valence-corrected chi connectivity index (χ2v) is 4.05. The summed E-state index contributed by atoms with van der Waals surface area (Å²) in [5.74, 6) is 0.946. The van der Waals surface area contributed by atoms with Gasteiger partial charge in [0.1, 0.15) is 5.75 Å². The summed E-state index contributed by atoms with van der Waals surface area (Å²) in [6, 6.07) is 6.44. The van der Waals surface area contributed by atoms with E-state index in [0.29, 0.717) is 6.61 Å². The van der Waals surface area contributed by atoms with Gasteiger partial charge < -0.3 is 10.5 Å². The molecule has 0 amide bonds. The molecule has 0 aliphatic rings. The first-order valence-corrected chi connectivity index (χ1v) is 5.59. The minimum Gasteiger partial charge on any atom is -0.494 e. The molecule has 0 spiro atoms. The van der Waals surface area contributed by atoms with Crippen LogP contribution in [0.3, 0.4) is 0 Å². The Balaban J connectivity index is 2.41. The molecule has 0 aliphatic carbocycles. The molecule has 0 saturated heterocycles. The second-order valence-electron chi connectivity index (χ2n) is 4.05. The largest absolute Gasteiger partial charge is 0.494 e. The van der Waals surface area contributed by atoms with Crippen molar-refractivity contribution in [3.63, 3.8) is 0 Å². The molecule has 0 radical (unpaired) electrons. The quantitative estimate of drug-likeness (QED) is 0.805. The minimum absolute atomic E-state index is 0.261. The van der Waals surface area contributed by atoms with Crippen LogP contribution in [0.25, 0.3) is 0 Å². The lowest BCUT2D eigenvalue weighted by molar-refractivity contribution is 0.296. The number of nitrogens with two attached hydrogens (primary N) is 1. The molecule has 0 bridgehead atoms. The highest BCUT2D eigenvalue weighted by molar-refractivity contribution is 5.33. The monoisotopic (exact) mass is 207 g/mol. The smallest absolute Gasteiger partial charge is 0.119 e. The highest BCUT2D eigenvalue weighted by atomic mass is 16.5. The highest BCUT2D eigenvalue weighted by Gasteiger charge is 2.00. The van der Waals surface area contributed by atoms with Crippen molar-refractivity contribution in [2.75, 3.05) is 6.61 Å². The molecular formula is C13H21NO. The average molecular weight is 207 g/mol. The lowest BCUT2D eigenvalue weighted by Gasteiger charge is -2.11. The minimum atomic E-state index is 0.261. The van der Waals surface area contributed by atoms with Crippen LogP contribution in [0.2, 0.25) is 0 Å². The van der Waals surface area contributed by atoms with Gasteiger partial charge in [0.05, 0.1) is 6.61 Å². The van der Waals surface area contributed by atoms with E-state index in [1.165, 1.54) is 11.1 Å². The molecule has 0 aromatic heterocycles. The summed E-state index contributed by atoms with van der Waals surface area (Å²) >= 11 is 0. The van der Waals surface area contributed by atoms with E-state index < -0.39 is 0 Å². The Morgan fingerprint density at radius 3 is 2.60 bits per heavy atom. The standard InChI is InChI=1S/C13H21NO/c1-4-12(14)7-8-15-13-6-5-10(2)11(3)9-13/h5-6,9,12H,4,7-8,14H2,1-3H3. The Kier molecular flexibility index (Phi) is 4.63. The zero-order chi connectivity index (χ0) is 11.3. The van der Waals surface area contributed by atoms with Crippen molar-refractivity contribution in [1.29, 1.82) is 0 Å².